The summed E-state index contributed by atoms with van der Waals surface area (Å²) < 4.78 is 44.7. The second-order valence-electron chi connectivity index (χ2n) is 7.25. The van der Waals surface area contributed by atoms with Crippen molar-refractivity contribution in [2.45, 2.75) is 26.3 Å². The van der Waals surface area contributed by atoms with Crippen LogP contribution in [0.15, 0.2) is 65.6 Å². The Hall–Kier alpha value is -3.79. The summed E-state index contributed by atoms with van der Waals surface area (Å²) in [7, 11) is 0. The summed E-state index contributed by atoms with van der Waals surface area (Å²) in [5, 5.41) is 0.636. The van der Waals surface area contributed by atoms with Crippen LogP contribution in [0.25, 0.3) is 0 Å². The lowest BCUT2D eigenvalue weighted by atomic mass is 10.1. The molecule has 0 saturated carbocycles. The summed E-state index contributed by atoms with van der Waals surface area (Å²) in [6.07, 6.45) is -3.79. The van der Waals surface area contributed by atoms with Crippen LogP contribution in [0.5, 0.6) is 5.75 Å². The molecule has 3 aromatic rings. The molecule has 2 N–H and O–H groups in total. The van der Waals surface area contributed by atoms with Crippen molar-refractivity contribution < 1.29 is 27.5 Å². The van der Waals surface area contributed by atoms with E-state index in [4.69, 9.17) is 16.3 Å². The molecule has 0 aliphatic rings. The highest BCUT2D eigenvalue weighted by Crippen LogP contribution is 2.26. The van der Waals surface area contributed by atoms with Crippen molar-refractivity contribution in [2.24, 2.45) is 0 Å². The van der Waals surface area contributed by atoms with Gasteiger partial charge in [0.1, 0.15) is 24.5 Å². The number of carbonyl (C=O) groups is 2. The minimum atomic E-state index is -4.84. The fourth-order valence-electron chi connectivity index (χ4n) is 2.90. The summed E-state index contributed by atoms with van der Waals surface area (Å²) in [5.41, 5.74) is 3.37. The monoisotopic (exact) mass is 493 g/mol. The number of ether oxygens (including phenoxy) is 1. The zero-order valence-electron chi connectivity index (χ0n) is 17.8. The third kappa shape index (κ3) is 6.38. The highest BCUT2D eigenvalue weighted by molar-refractivity contribution is 6.31. The Morgan fingerprint density at radius 1 is 1.06 bits per heavy atom. The molecule has 34 heavy (non-hydrogen) atoms. The van der Waals surface area contributed by atoms with E-state index in [1.807, 2.05) is 6.92 Å². The molecule has 1 heterocycles. The van der Waals surface area contributed by atoms with Gasteiger partial charge in [-0.3, -0.25) is 25.2 Å². The average Bonchev–Trinajstić information content (AvgIpc) is 2.79. The van der Waals surface area contributed by atoms with Crippen molar-refractivity contribution in [3.05, 3.63) is 98.4 Å². The van der Waals surface area contributed by atoms with E-state index in [2.05, 4.69) is 10.9 Å². The summed E-state index contributed by atoms with van der Waals surface area (Å²) >= 11 is 5.98. The molecule has 2 aromatic carbocycles. The molecule has 0 radical (unpaired) electrons. The van der Waals surface area contributed by atoms with Crippen molar-refractivity contribution in [2.75, 3.05) is 0 Å². The second-order valence-corrected chi connectivity index (χ2v) is 7.66. The first-order chi connectivity index (χ1) is 16.0. The Labute approximate surface area is 197 Å². The highest BCUT2D eigenvalue weighted by Gasteiger charge is 2.34. The SMILES string of the molecule is Cc1cc(OCc2ccc(C(=O)NNC(=O)Cn3cccc(C(F)(F)F)c3=O)cc2)ccc1Cl. The van der Waals surface area contributed by atoms with Crippen LogP contribution < -0.4 is 21.1 Å². The fourth-order valence-corrected chi connectivity index (χ4v) is 3.01. The molecular formula is C23H19ClF3N3O4. The number of hydrogen-bond acceptors (Lipinski definition) is 4. The van der Waals surface area contributed by atoms with Gasteiger partial charge in [-0.25, -0.2) is 0 Å². The number of halogens is 4. The number of carbonyl (C=O) groups excluding carboxylic acids is 2. The van der Waals surface area contributed by atoms with E-state index in [9.17, 15) is 27.6 Å². The van der Waals surface area contributed by atoms with Gasteiger partial charge in [-0.2, -0.15) is 13.2 Å². The number of benzene rings is 2. The molecule has 0 unspecified atom stereocenters. The molecule has 0 atom stereocenters. The molecule has 11 heteroatoms. The van der Waals surface area contributed by atoms with Crippen molar-refractivity contribution >= 4 is 23.4 Å². The molecule has 7 nitrogen and oxygen atoms in total. The smallest absolute Gasteiger partial charge is 0.421 e. The second kappa shape index (κ2) is 10.4. The van der Waals surface area contributed by atoms with Gasteiger partial charge in [-0.1, -0.05) is 23.7 Å². The fraction of sp³-hybridized carbons (Fsp3) is 0.174. The normalized spacial score (nSPS) is 11.1. The molecular weight excluding hydrogens is 475 g/mol. The summed E-state index contributed by atoms with van der Waals surface area (Å²) in [4.78, 5) is 36.1. The molecule has 0 bridgehead atoms. The first kappa shape index (κ1) is 24.8. The van der Waals surface area contributed by atoms with Gasteiger partial charge < -0.3 is 9.30 Å². The minimum absolute atomic E-state index is 0.225. The summed E-state index contributed by atoms with van der Waals surface area (Å²) in [6, 6.07) is 13.3. The Morgan fingerprint density at radius 2 is 1.76 bits per heavy atom. The number of alkyl halides is 3. The zero-order chi connectivity index (χ0) is 24.9. The van der Waals surface area contributed by atoms with Crippen LogP contribution >= 0.6 is 11.6 Å². The first-order valence-corrected chi connectivity index (χ1v) is 10.3. The van der Waals surface area contributed by atoms with Crippen molar-refractivity contribution in [3.63, 3.8) is 0 Å². The molecule has 0 aliphatic heterocycles. The van der Waals surface area contributed by atoms with Gasteiger partial charge in [0.05, 0.1) is 0 Å². The van der Waals surface area contributed by atoms with Crippen LogP contribution in [0, 0.1) is 6.92 Å². The maximum atomic E-state index is 12.8. The van der Waals surface area contributed by atoms with Crippen molar-refractivity contribution in [3.8, 4) is 5.75 Å². The van der Waals surface area contributed by atoms with Gasteiger partial charge in [0.2, 0.25) is 0 Å². The standard InChI is InChI=1S/C23H19ClF3N3O4/c1-14-11-17(8-9-19(14)24)34-13-15-4-6-16(7-5-15)21(32)29-28-20(31)12-30-10-2-3-18(22(30)33)23(25,26)27/h2-11H,12-13H2,1H3,(H,28,31)(H,29,32). The van der Waals surface area contributed by atoms with E-state index in [1.54, 1.807) is 30.3 Å². The molecule has 178 valence electrons. The maximum Gasteiger partial charge on any atom is 0.421 e. The highest BCUT2D eigenvalue weighted by atomic mass is 35.5. The largest absolute Gasteiger partial charge is 0.489 e. The van der Waals surface area contributed by atoms with Crippen molar-refractivity contribution in [1.29, 1.82) is 0 Å². The van der Waals surface area contributed by atoms with Gasteiger partial charge in [0, 0.05) is 16.8 Å². The van der Waals surface area contributed by atoms with Crippen LogP contribution in [-0.4, -0.2) is 16.4 Å². The number of pyridine rings is 1. The van der Waals surface area contributed by atoms with Crippen molar-refractivity contribution in [1.82, 2.24) is 15.4 Å². The summed E-state index contributed by atoms with van der Waals surface area (Å²) in [5.74, 6) is -0.880. The lowest BCUT2D eigenvalue weighted by Crippen LogP contribution is -2.44. The number of nitrogens with zero attached hydrogens (tertiary/aromatic N) is 1. The Kier molecular flexibility index (Phi) is 7.62. The minimum Gasteiger partial charge on any atom is -0.489 e. The Morgan fingerprint density at radius 3 is 2.41 bits per heavy atom. The predicted molar refractivity (Wildman–Crippen MR) is 118 cm³/mol. The number of nitrogens with one attached hydrogen (secondary N) is 2. The van der Waals surface area contributed by atoms with Gasteiger partial charge in [0.25, 0.3) is 17.4 Å². The number of aromatic nitrogens is 1. The first-order valence-electron chi connectivity index (χ1n) is 9.88. The zero-order valence-corrected chi connectivity index (χ0v) is 18.5. The Balaban J connectivity index is 1.52. The van der Waals surface area contributed by atoms with Gasteiger partial charge in [0.15, 0.2) is 0 Å². The number of rotatable bonds is 6. The lowest BCUT2D eigenvalue weighted by Gasteiger charge is -2.11. The quantitative estimate of drug-likeness (QED) is 0.510. The van der Waals surface area contributed by atoms with Crippen LogP contribution in [0.2, 0.25) is 5.02 Å². The molecule has 0 fully saturated rings. The van der Waals surface area contributed by atoms with E-state index in [0.29, 0.717) is 21.4 Å². The molecule has 2 amide bonds. The maximum absolute atomic E-state index is 12.8. The van der Waals surface area contributed by atoms with E-state index in [-0.39, 0.29) is 12.2 Å². The number of aryl methyl sites for hydroxylation is 1. The van der Waals surface area contributed by atoms with E-state index >= 15 is 0 Å². The molecule has 0 saturated heterocycles. The average molecular weight is 494 g/mol. The number of hydrogen-bond donors (Lipinski definition) is 2. The predicted octanol–water partition coefficient (Wildman–Crippen LogP) is 3.87. The third-order valence-electron chi connectivity index (χ3n) is 4.71. The molecule has 3 rings (SSSR count). The molecule has 0 aliphatic carbocycles. The van der Waals surface area contributed by atoms with E-state index in [1.165, 1.54) is 12.1 Å². The topological polar surface area (TPSA) is 89.4 Å². The lowest BCUT2D eigenvalue weighted by molar-refractivity contribution is -0.139. The summed E-state index contributed by atoms with van der Waals surface area (Å²) in [6.45, 7) is 1.41. The van der Waals surface area contributed by atoms with Crippen LogP contribution in [0.1, 0.15) is 27.0 Å². The number of hydrazine groups is 1. The van der Waals surface area contributed by atoms with Crippen LogP contribution in [-0.2, 0) is 24.1 Å². The van der Waals surface area contributed by atoms with Crippen LogP contribution in [0.3, 0.4) is 0 Å². The van der Waals surface area contributed by atoms with Gasteiger partial charge in [-0.15, -0.1) is 0 Å². The molecule has 0 spiro atoms. The van der Waals surface area contributed by atoms with Gasteiger partial charge >= 0.3 is 6.18 Å². The molecule has 1 aromatic heterocycles. The Bertz CT molecular complexity index is 1260. The van der Waals surface area contributed by atoms with E-state index in [0.717, 1.165) is 23.4 Å². The van der Waals surface area contributed by atoms with Crippen LogP contribution in [0.4, 0.5) is 13.2 Å². The van der Waals surface area contributed by atoms with Gasteiger partial charge in [-0.05, 0) is 60.5 Å². The number of amides is 2. The third-order valence-corrected chi connectivity index (χ3v) is 5.13. The van der Waals surface area contributed by atoms with E-state index < -0.39 is 35.7 Å².